The van der Waals surface area contributed by atoms with Crippen molar-refractivity contribution in [3.8, 4) is 11.5 Å². The molecule has 21 heavy (non-hydrogen) atoms. The SMILES string of the molecule is COc1cc2ccncc2cc1OCc1ccccc1.Cl. The molecular weight excluding hydrogens is 286 g/mol. The molecule has 3 aromatic rings. The van der Waals surface area contributed by atoms with Crippen molar-refractivity contribution in [2.45, 2.75) is 6.61 Å². The van der Waals surface area contributed by atoms with Crippen LogP contribution in [0.2, 0.25) is 0 Å². The molecule has 0 aliphatic heterocycles. The van der Waals surface area contributed by atoms with Gasteiger partial charge in [0.15, 0.2) is 11.5 Å². The summed E-state index contributed by atoms with van der Waals surface area (Å²) in [5, 5.41) is 2.13. The Balaban J connectivity index is 0.00000161. The van der Waals surface area contributed by atoms with Crippen LogP contribution in [0.15, 0.2) is 60.9 Å². The first kappa shape index (κ1) is 15.1. The van der Waals surface area contributed by atoms with E-state index < -0.39 is 0 Å². The van der Waals surface area contributed by atoms with Crippen LogP contribution in [0.25, 0.3) is 10.8 Å². The van der Waals surface area contributed by atoms with Gasteiger partial charge in [-0.3, -0.25) is 4.98 Å². The number of halogens is 1. The molecule has 3 rings (SSSR count). The van der Waals surface area contributed by atoms with E-state index in [1.54, 1.807) is 13.3 Å². The van der Waals surface area contributed by atoms with Crippen LogP contribution in [-0.4, -0.2) is 12.1 Å². The molecule has 1 aromatic heterocycles. The van der Waals surface area contributed by atoms with Gasteiger partial charge in [0.25, 0.3) is 0 Å². The van der Waals surface area contributed by atoms with Gasteiger partial charge in [-0.15, -0.1) is 12.4 Å². The number of hydrogen-bond donors (Lipinski definition) is 0. The van der Waals surface area contributed by atoms with Crippen LogP contribution in [0.5, 0.6) is 11.5 Å². The van der Waals surface area contributed by atoms with Gasteiger partial charge in [0, 0.05) is 17.8 Å². The summed E-state index contributed by atoms with van der Waals surface area (Å²) in [5.41, 5.74) is 1.13. The maximum Gasteiger partial charge on any atom is 0.162 e. The molecule has 2 aromatic carbocycles. The van der Waals surface area contributed by atoms with Gasteiger partial charge in [0.05, 0.1) is 7.11 Å². The van der Waals surface area contributed by atoms with E-state index in [0.29, 0.717) is 6.61 Å². The molecule has 4 heteroatoms. The average Bonchev–Trinajstić information content (AvgIpc) is 2.53. The highest BCUT2D eigenvalue weighted by Crippen LogP contribution is 2.32. The number of hydrogen-bond acceptors (Lipinski definition) is 3. The highest BCUT2D eigenvalue weighted by atomic mass is 35.5. The molecule has 0 saturated heterocycles. The van der Waals surface area contributed by atoms with Crippen molar-refractivity contribution in [1.29, 1.82) is 0 Å². The van der Waals surface area contributed by atoms with Gasteiger partial charge in [-0.25, -0.2) is 0 Å². The Morgan fingerprint density at radius 2 is 1.71 bits per heavy atom. The van der Waals surface area contributed by atoms with Gasteiger partial charge >= 0.3 is 0 Å². The summed E-state index contributed by atoms with van der Waals surface area (Å²) in [6, 6.07) is 16.0. The van der Waals surface area contributed by atoms with Crippen LogP contribution in [0.1, 0.15) is 5.56 Å². The Kier molecular flexibility index (Phi) is 5.01. The minimum Gasteiger partial charge on any atom is -0.493 e. The van der Waals surface area contributed by atoms with Crippen molar-refractivity contribution in [2.24, 2.45) is 0 Å². The second kappa shape index (κ2) is 6.95. The van der Waals surface area contributed by atoms with Crippen molar-refractivity contribution in [3.05, 3.63) is 66.5 Å². The molecule has 0 radical (unpaired) electrons. The van der Waals surface area contributed by atoms with Crippen LogP contribution in [0, 0.1) is 0 Å². The first-order valence-electron chi connectivity index (χ1n) is 6.45. The third-order valence-electron chi connectivity index (χ3n) is 3.16. The lowest BCUT2D eigenvalue weighted by Gasteiger charge is -2.12. The van der Waals surface area contributed by atoms with Gasteiger partial charge in [-0.1, -0.05) is 30.3 Å². The summed E-state index contributed by atoms with van der Waals surface area (Å²) in [6.07, 6.45) is 3.59. The lowest BCUT2D eigenvalue weighted by Crippen LogP contribution is -1.97. The number of ether oxygens (including phenoxy) is 2. The molecular formula is C17H16ClNO2. The minimum atomic E-state index is 0. The molecule has 0 spiro atoms. The largest absolute Gasteiger partial charge is 0.493 e. The first-order valence-corrected chi connectivity index (χ1v) is 6.45. The fourth-order valence-corrected chi connectivity index (χ4v) is 2.10. The van der Waals surface area contributed by atoms with Crippen LogP contribution < -0.4 is 9.47 Å². The molecule has 0 aliphatic carbocycles. The number of nitrogens with zero attached hydrogens (tertiary/aromatic N) is 1. The highest BCUT2D eigenvalue weighted by Gasteiger charge is 2.07. The van der Waals surface area contributed by atoms with E-state index in [1.807, 2.05) is 54.7 Å². The Morgan fingerprint density at radius 3 is 2.48 bits per heavy atom. The van der Waals surface area contributed by atoms with E-state index in [0.717, 1.165) is 27.8 Å². The number of methoxy groups -OCH3 is 1. The molecule has 0 unspecified atom stereocenters. The van der Waals surface area contributed by atoms with Crippen molar-refractivity contribution in [2.75, 3.05) is 7.11 Å². The van der Waals surface area contributed by atoms with Crippen molar-refractivity contribution >= 4 is 23.2 Å². The van der Waals surface area contributed by atoms with E-state index in [9.17, 15) is 0 Å². The van der Waals surface area contributed by atoms with Crippen molar-refractivity contribution in [1.82, 2.24) is 4.98 Å². The van der Waals surface area contributed by atoms with Gasteiger partial charge in [0.1, 0.15) is 6.61 Å². The topological polar surface area (TPSA) is 31.4 Å². The standard InChI is InChI=1S/C17H15NO2.ClH/c1-19-16-9-14-7-8-18-11-15(14)10-17(16)20-12-13-5-3-2-4-6-13;/h2-11H,12H2,1H3;1H. The molecule has 1 heterocycles. The molecule has 0 amide bonds. The third kappa shape index (κ3) is 3.44. The predicted molar refractivity (Wildman–Crippen MR) is 86.3 cm³/mol. The van der Waals surface area contributed by atoms with Gasteiger partial charge in [-0.05, 0) is 29.1 Å². The number of aromatic nitrogens is 1. The molecule has 3 nitrogen and oxygen atoms in total. The maximum atomic E-state index is 5.87. The number of rotatable bonds is 4. The normalized spacial score (nSPS) is 9.95. The average molecular weight is 302 g/mol. The molecule has 0 atom stereocenters. The van der Waals surface area contributed by atoms with Gasteiger partial charge < -0.3 is 9.47 Å². The van der Waals surface area contributed by atoms with E-state index >= 15 is 0 Å². The quantitative estimate of drug-likeness (QED) is 0.722. The molecule has 0 aliphatic rings. The Bertz CT molecular complexity index is 716. The van der Waals surface area contributed by atoms with Crippen molar-refractivity contribution in [3.63, 3.8) is 0 Å². The summed E-state index contributed by atoms with van der Waals surface area (Å²) in [5.74, 6) is 1.47. The smallest absolute Gasteiger partial charge is 0.162 e. The summed E-state index contributed by atoms with van der Waals surface area (Å²) < 4.78 is 11.3. The van der Waals surface area contributed by atoms with Gasteiger partial charge in [0.2, 0.25) is 0 Å². The second-order valence-electron chi connectivity index (χ2n) is 4.50. The predicted octanol–water partition coefficient (Wildman–Crippen LogP) is 4.24. The fourth-order valence-electron chi connectivity index (χ4n) is 2.10. The minimum absolute atomic E-state index is 0. The van der Waals surface area contributed by atoms with Crippen LogP contribution in [0.3, 0.4) is 0 Å². The fraction of sp³-hybridized carbons (Fsp3) is 0.118. The van der Waals surface area contributed by atoms with Crippen LogP contribution in [-0.2, 0) is 6.61 Å². The van der Waals surface area contributed by atoms with Crippen LogP contribution in [0.4, 0.5) is 0 Å². The number of pyridine rings is 1. The van der Waals surface area contributed by atoms with E-state index in [-0.39, 0.29) is 12.4 Å². The molecule has 0 fully saturated rings. The third-order valence-corrected chi connectivity index (χ3v) is 3.16. The number of fused-ring (bicyclic) bond motifs is 1. The maximum absolute atomic E-state index is 5.87. The zero-order valence-electron chi connectivity index (χ0n) is 11.7. The summed E-state index contributed by atoms with van der Waals surface area (Å²) in [6.45, 7) is 0.517. The summed E-state index contributed by atoms with van der Waals surface area (Å²) >= 11 is 0. The Morgan fingerprint density at radius 1 is 0.952 bits per heavy atom. The Hall–Kier alpha value is -2.26. The first-order chi connectivity index (χ1) is 9.86. The zero-order chi connectivity index (χ0) is 13.8. The van der Waals surface area contributed by atoms with E-state index in [2.05, 4.69) is 4.98 Å². The lowest BCUT2D eigenvalue weighted by molar-refractivity contribution is 0.285. The monoisotopic (exact) mass is 301 g/mol. The molecule has 0 N–H and O–H groups in total. The summed E-state index contributed by atoms with van der Waals surface area (Å²) in [7, 11) is 1.65. The molecule has 0 saturated carbocycles. The zero-order valence-corrected chi connectivity index (χ0v) is 12.5. The van der Waals surface area contributed by atoms with E-state index in [4.69, 9.17) is 9.47 Å². The lowest BCUT2D eigenvalue weighted by atomic mass is 10.1. The van der Waals surface area contributed by atoms with Crippen molar-refractivity contribution < 1.29 is 9.47 Å². The molecule has 108 valence electrons. The van der Waals surface area contributed by atoms with Crippen LogP contribution >= 0.6 is 12.4 Å². The summed E-state index contributed by atoms with van der Waals surface area (Å²) in [4.78, 5) is 4.13. The Labute approximate surface area is 129 Å². The number of benzene rings is 2. The molecule has 0 bridgehead atoms. The van der Waals surface area contributed by atoms with Gasteiger partial charge in [-0.2, -0.15) is 0 Å². The highest BCUT2D eigenvalue weighted by molar-refractivity contribution is 5.85. The second-order valence-corrected chi connectivity index (χ2v) is 4.50. The van der Waals surface area contributed by atoms with E-state index in [1.165, 1.54) is 0 Å².